The van der Waals surface area contributed by atoms with Crippen molar-refractivity contribution in [2.75, 3.05) is 123 Å². The molecule has 4 aromatic carbocycles. The number of fused-ring (bicyclic) bond motifs is 2. The first-order chi connectivity index (χ1) is 35.7. The molecule has 2 aliphatic heterocycles. The molecule has 14 nitrogen and oxygen atoms in total. The lowest BCUT2D eigenvalue weighted by molar-refractivity contribution is -0.941. The first kappa shape index (κ1) is 63.7. The second kappa shape index (κ2) is 30.3. The van der Waals surface area contributed by atoms with Crippen molar-refractivity contribution in [2.45, 2.75) is 76.3 Å². The van der Waals surface area contributed by atoms with Gasteiger partial charge >= 0.3 is 0 Å². The lowest BCUT2D eigenvalue weighted by atomic mass is 9.86. The van der Waals surface area contributed by atoms with Crippen molar-refractivity contribution in [3.8, 4) is 57.5 Å². The van der Waals surface area contributed by atoms with Gasteiger partial charge in [0.15, 0.2) is 56.2 Å². The van der Waals surface area contributed by atoms with Gasteiger partial charge in [0.25, 0.3) is 0 Å². The molecule has 0 amide bonds. The number of halogens is 2. The third kappa shape index (κ3) is 15.5. The van der Waals surface area contributed by atoms with Crippen molar-refractivity contribution >= 4 is 33.8 Å². The van der Waals surface area contributed by atoms with Crippen LogP contribution in [0.5, 0.6) is 57.5 Å². The van der Waals surface area contributed by atoms with Crippen molar-refractivity contribution in [3.63, 3.8) is 0 Å². The summed E-state index contributed by atoms with van der Waals surface area (Å²) in [4.78, 5) is 26.1. The molecule has 0 fully saturated rings. The number of quaternary nitrogens is 2. The minimum Gasteiger partial charge on any atom is -1.00 e. The average Bonchev–Trinajstić information content (AvgIpc) is 3.42. The van der Waals surface area contributed by atoms with Crippen LogP contribution in [0.4, 0.5) is 0 Å². The Balaban J connectivity index is 0.00000624. The van der Waals surface area contributed by atoms with Gasteiger partial charge in [0.2, 0.25) is 11.5 Å². The predicted molar refractivity (Wildman–Crippen MR) is 295 cm³/mol. The number of carbonyl (C=O) groups is 2. The molecule has 76 heavy (non-hydrogen) atoms. The molecule has 0 radical (unpaired) electrons. The molecule has 18 heteroatoms. The normalized spacial score (nSPS) is 18.5. The van der Waals surface area contributed by atoms with Crippen molar-refractivity contribution in [2.24, 2.45) is 0 Å². The topological polar surface area (TPSA) is 126 Å². The summed E-state index contributed by atoms with van der Waals surface area (Å²) in [5.41, 5.74) is 7.14. The van der Waals surface area contributed by atoms with Crippen LogP contribution in [0.15, 0.2) is 60.7 Å². The van der Waals surface area contributed by atoms with E-state index in [0.29, 0.717) is 71.7 Å². The summed E-state index contributed by atoms with van der Waals surface area (Å²) in [6.07, 6.45) is 11.4. The van der Waals surface area contributed by atoms with Crippen LogP contribution < -0.4 is 72.2 Å². The number of hydrogen-bond donors (Lipinski definition) is 0. The highest BCUT2D eigenvalue weighted by Crippen LogP contribution is 2.47. The smallest absolute Gasteiger partial charge is 0.203 e. The molecule has 2 heterocycles. The fourth-order valence-corrected chi connectivity index (χ4v) is 12.3. The zero-order chi connectivity index (χ0) is 53.4. The highest BCUT2D eigenvalue weighted by atomic mass is 35.5. The van der Waals surface area contributed by atoms with Gasteiger partial charge in [-0.25, -0.2) is 0 Å². The largest absolute Gasteiger partial charge is 1.00 e. The van der Waals surface area contributed by atoms with Crippen molar-refractivity contribution in [1.29, 1.82) is 0 Å². The van der Waals surface area contributed by atoms with Gasteiger partial charge in [-0.3, -0.25) is 9.59 Å². The molecule has 0 spiro atoms. The molecule has 0 saturated carbocycles. The molecule has 0 aromatic heterocycles. The van der Waals surface area contributed by atoms with Gasteiger partial charge in [-0.05, 0) is 83.6 Å². The summed E-state index contributed by atoms with van der Waals surface area (Å²) in [7, 11) is 21.1. The number of likely N-dealkylation sites (N-methyl/N-ethyl adjacent to an activating group) is 2. The van der Waals surface area contributed by atoms with E-state index in [0.717, 1.165) is 108 Å². The van der Waals surface area contributed by atoms with Gasteiger partial charge in [-0.1, -0.05) is 35.7 Å². The Morgan fingerprint density at radius 3 is 1.09 bits per heavy atom. The van der Waals surface area contributed by atoms with E-state index in [2.05, 4.69) is 38.4 Å². The predicted octanol–water partition coefficient (Wildman–Crippen LogP) is 4.47. The Morgan fingerprint density at radius 2 is 0.789 bits per heavy atom. The van der Waals surface area contributed by atoms with E-state index >= 15 is 0 Å². The molecule has 0 N–H and O–H groups in total. The van der Waals surface area contributed by atoms with Crippen molar-refractivity contribution < 1.29 is 90.7 Å². The number of rotatable bonds is 28. The highest BCUT2D eigenvalue weighted by molar-refractivity contribution is 8.13. The molecule has 0 aliphatic carbocycles. The number of hydrogen-bond acceptors (Lipinski definition) is 14. The Morgan fingerprint density at radius 1 is 0.474 bits per heavy atom. The number of methoxy groups -OCH3 is 10. The van der Waals surface area contributed by atoms with E-state index in [-0.39, 0.29) is 47.1 Å². The van der Waals surface area contributed by atoms with Gasteiger partial charge in [0, 0.05) is 74.0 Å². The lowest BCUT2D eigenvalue weighted by Gasteiger charge is -2.46. The van der Waals surface area contributed by atoms with E-state index in [1.807, 2.05) is 36.4 Å². The minimum atomic E-state index is 0. The SMILES string of the molecule is COc1cc2c(cc1OC)[C@@H](Cc1cc(OC)c(OC)c(OC)c1)[N@@+](C)(CCCSC(=O)CC/C=C/CCC(=O)SCCC[N@@+]1(C)CCc3cc(OC)c(OC)cc3[C@H]1Cc1cc(OC)c(OC)c(OC)c1)CC2.[Cl-].[Cl-]. The molecule has 0 saturated heterocycles. The molecule has 420 valence electrons. The maximum Gasteiger partial charge on any atom is 0.203 e. The maximum atomic E-state index is 13.1. The Bertz CT molecular complexity index is 2360. The van der Waals surface area contributed by atoms with Gasteiger partial charge in [0.1, 0.15) is 12.1 Å². The second-order valence-electron chi connectivity index (χ2n) is 19.4. The van der Waals surface area contributed by atoms with E-state index in [4.69, 9.17) is 47.4 Å². The average molecular weight is 1130 g/mol. The van der Waals surface area contributed by atoms with E-state index < -0.39 is 0 Å². The number of thioether (sulfide) groups is 2. The second-order valence-corrected chi connectivity index (χ2v) is 21.7. The maximum absolute atomic E-state index is 13.1. The first-order valence-electron chi connectivity index (χ1n) is 25.5. The Labute approximate surface area is 472 Å². The van der Waals surface area contributed by atoms with Crippen LogP contribution in [-0.2, 0) is 35.3 Å². The number of carbonyl (C=O) groups excluding carboxylic acids is 2. The molecular weight excluding hydrogens is 1050 g/mol. The Hall–Kier alpha value is -4.84. The molecule has 6 rings (SSSR count). The number of nitrogens with zero attached hydrogens (tertiary/aromatic N) is 2. The van der Waals surface area contributed by atoms with E-state index in [9.17, 15) is 9.59 Å². The zero-order valence-corrected chi connectivity index (χ0v) is 49.8. The molecule has 2 aliphatic rings. The summed E-state index contributed by atoms with van der Waals surface area (Å²) < 4.78 is 58.7. The minimum absolute atomic E-state index is 0. The van der Waals surface area contributed by atoms with Gasteiger partial charge < -0.3 is 81.1 Å². The van der Waals surface area contributed by atoms with E-state index in [1.165, 1.54) is 45.8 Å². The fraction of sp³-hybridized carbons (Fsp3) is 0.517. The first-order valence-corrected chi connectivity index (χ1v) is 27.4. The number of benzene rings is 4. The molecule has 4 aromatic rings. The highest BCUT2D eigenvalue weighted by Gasteiger charge is 2.42. The molecule has 0 bridgehead atoms. The van der Waals surface area contributed by atoms with Crippen LogP contribution in [0.25, 0.3) is 0 Å². The summed E-state index contributed by atoms with van der Waals surface area (Å²) in [5, 5.41) is 0.383. The summed E-state index contributed by atoms with van der Waals surface area (Å²) in [6.45, 7) is 3.71. The van der Waals surface area contributed by atoms with Gasteiger partial charge in [0.05, 0.1) is 111 Å². The Kier molecular flexibility index (Phi) is 25.4. The van der Waals surface area contributed by atoms with Crippen LogP contribution in [0.3, 0.4) is 0 Å². The molecular formula is C58H80Cl2N2O12S2. The van der Waals surface area contributed by atoms with Gasteiger partial charge in [-0.2, -0.15) is 0 Å². The van der Waals surface area contributed by atoms with Crippen LogP contribution in [-0.4, -0.2) is 142 Å². The van der Waals surface area contributed by atoms with Crippen molar-refractivity contribution in [1.82, 2.24) is 0 Å². The standard InChI is InChI=1S/C58H80N2O12S2.2ClH/c1-59(25-21-41-35-47(63-3)49(65-5)37-43(41)45(59)29-39-31-51(67-7)57(71-11)52(32-39)68-8)23-17-27-73-55(61)19-15-13-14-16-20-56(62)74-28-18-24-60(2)26-22-42-36-48(64-4)50(66-6)38-44(42)46(60)30-40-33-53(69-9)58(72-12)54(34-40)70-10;;/h13-14,31-38,45-46H,15-30H2,1-12H3;2*1H/q+2;;/p-2/b14-13+;;/t45-,46-,59+,60+;;/m1../s1. The van der Waals surface area contributed by atoms with Gasteiger partial charge in [-0.15, -0.1) is 0 Å². The summed E-state index contributed by atoms with van der Waals surface area (Å²) in [5.74, 6) is 8.02. The number of ether oxygens (including phenoxy) is 10. The summed E-state index contributed by atoms with van der Waals surface area (Å²) >= 11 is 2.85. The quantitative estimate of drug-likeness (QED) is 0.0452. The molecule has 4 atom stereocenters. The monoisotopic (exact) mass is 1130 g/mol. The van der Waals surface area contributed by atoms with Crippen LogP contribution in [0, 0.1) is 0 Å². The summed E-state index contributed by atoms with van der Waals surface area (Å²) in [6, 6.07) is 16.9. The van der Waals surface area contributed by atoms with Crippen molar-refractivity contribution in [3.05, 3.63) is 94.1 Å². The fourth-order valence-electron chi connectivity index (χ4n) is 10.8. The lowest BCUT2D eigenvalue weighted by Crippen LogP contribution is -3.00. The van der Waals surface area contributed by atoms with E-state index in [1.54, 1.807) is 71.1 Å². The molecule has 0 unspecified atom stereocenters. The third-order valence-corrected chi connectivity index (χ3v) is 17.0. The van der Waals surface area contributed by atoms with Crippen LogP contribution in [0.1, 0.15) is 84.0 Å². The van der Waals surface area contributed by atoms with Crippen LogP contribution >= 0.6 is 23.5 Å². The third-order valence-electron chi connectivity index (χ3n) is 15.0. The zero-order valence-electron chi connectivity index (χ0n) is 46.6. The van der Waals surface area contributed by atoms with Crippen LogP contribution in [0.2, 0.25) is 0 Å². The number of allylic oxidation sites excluding steroid dienone is 2.